The van der Waals surface area contributed by atoms with E-state index in [1.807, 2.05) is 13.2 Å². The van der Waals surface area contributed by atoms with Crippen LogP contribution in [0.15, 0.2) is 33.9 Å². The number of carbonyl (C=O) groups is 1. The zero-order valence-electron chi connectivity index (χ0n) is 12.7. The van der Waals surface area contributed by atoms with E-state index >= 15 is 0 Å². The highest BCUT2D eigenvalue weighted by Gasteiger charge is 2.14. The van der Waals surface area contributed by atoms with Gasteiger partial charge in [0.25, 0.3) is 11.1 Å². The summed E-state index contributed by atoms with van der Waals surface area (Å²) in [6.45, 7) is 2.94. The Balaban J connectivity index is 2.32. The Morgan fingerprint density at radius 1 is 1.27 bits per heavy atom. The number of hydrogen-bond donors (Lipinski definition) is 1. The minimum absolute atomic E-state index is 0.152. The average Bonchev–Trinajstić information content (AvgIpc) is 2.53. The van der Waals surface area contributed by atoms with E-state index in [2.05, 4.69) is 5.10 Å². The Kier molecular flexibility index (Phi) is 5.43. The number of likely N-dealkylation sites (N-methyl/N-ethyl adjacent to an activating group) is 1. The molecule has 7 heteroatoms. The molecule has 1 amide bonds. The van der Waals surface area contributed by atoms with Crippen LogP contribution in [0.3, 0.4) is 0 Å². The number of H-pyrrole nitrogens is 1. The molecule has 1 N–H and O–H groups in total. The summed E-state index contributed by atoms with van der Waals surface area (Å²) >= 11 is 1.66. The topological polar surface area (TPSA) is 75.2 Å². The van der Waals surface area contributed by atoms with Gasteiger partial charge < -0.3 is 4.90 Å². The number of carbonyl (C=O) groups excluding carboxylic acids is 1. The van der Waals surface area contributed by atoms with Gasteiger partial charge >= 0.3 is 0 Å². The van der Waals surface area contributed by atoms with Crippen LogP contribution in [0.25, 0.3) is 10.8 Å². The van der Waals surface area contributed by atoms with Gasteiger partial charge in [-0.05, 0) is 25.3 Å². The number of fused-ring (bicyclic) bond motifs is 1. The largest absolute Gasteiger partial charge is 0.341 e. The Labute approximate surface area is 132 Å². The Hall–Kier alpha value is -2.02. The number of hydrogen-bond acceptors (Lipinski definition) is 4. The van der Waals surface area contributed by atoms with E-state index in [1.165, 1.54) is 0 Å². The van der Waals surface area contributed by atoms with Crippen molar-refractivity contribution in [2.45, 2.75) is 13.5 Å². The molecule has 0 unspecified atom stereocenters. The SMILES string of the molecule is CCN(CCSC)C(=O)Cn1[nH]c(=O)c2ccccc2c1=O. The molecular weight excluding hydrogens is 302 g/mol. The lowest BCUT2D eigenvalue weighted by atomic mass is 10.2. The van der Waals surface area contributed by atoms with Gasteiger partial charge in [-0.15, -0.1) is 0 Å². The Bertz CT molecular complexity index is 781. The summed E-state index contributed by atoms with van der Waals surface area (Å²) < 4.78 is 1.09. The van der Waals surface area contributed by atoms with Crippen LogP contribution in [0.5, 0.6) is 0 Å². The quantitative estimate of drug-likeness (QED) is 0.858. The van der Waals surface area contributed by atoms with Crippen LogP contribution >= 0.6 is 11.8 Å². The highest BCUT2D eigenvalue weighted by Crippen LogP contribution is 2.03. The molecule has 22 heavy (non-hydrogen) atoms. The molecule has 0 fully saturated rings. The number of nitrogens with one attached hydrogen (secondary N) is 1. The summed E-state index contributed by atoms with van der Waals surface area (Å²) in [5.41, 5.74) is -0.723. The molecule has 1 aromatic heterocycles. The third-order valence-electron chi connectivity index (χ3n) is 3.48. The van der Waals surface area contributed by atoms with E-state index < -0.39 is 0 Å². The number of aromatic amines is 1. The first-order valence-electron chi connectivity index (χ1n) is 7.07. The number of aromatic nitrogens is 2. The van der Waals surface area contributed by atoms with Crippen LogP contribution in [0, 0.1) is 0 Å². The van der Waals surface area contributed by atoms with Gasteiger partial charge in [0.2, 0.25) is 5.91 Å². The smallest absolute Gasteiger partial charge is 0.273 e. The average molecular weight is 321 g/mol. The Morgan fingerprint density at radius 3 is 2.59 bits per heavy atom. The van der Waals surface area contributed by atoms with Crippen molar-refractivity contribution in [1.82, 2.24) is 14.7 Å². The summed E-state index contributed by atoms with van der Waals surface area (Å²) in [7, 11) is 0. The van der Waals surface area contributed by atoms with Crippen molar-refractivity contribution in [3.05, 3.63) is 45.0 Å². The molecule has 0 aliphatic heterocycles. The molecule has 2 rings (SSSR count). The third kappa shape index (κ3) is 3.41. The number of rotatable bonds is 6. The molecule has 1 heterocycles. The zero-order valence-corrected chi connectivity index (χ0v) is 13.5. The van der Waals surface area contributed by atoms with Gasteiger partial charge in [-0.1, -0.05) is 12.1 Å². The molecule has 0 aliphatic carbocycles. The van der Waals surface area contributed by atoms with Crippen molar-refractivity contribution >= 4 is 28.4 Å². The second kappa shape index (κ2) is 7.31. The van der Waals surface area contributed by atoms with E-state index in [9.17, 15) is 14.4 Å². The molecule has 0 saturated carbocycles. The van der Waals surface area contributed by atoms with Gasteiger partial charge in [0.1, 0.15) is 6.54 Å². The first kappa shape index (κ1) is 16.4. The molecular formula is C15H19N3O3S. The minimum Gasteiger partial charge on any atom is -0.341 e. The highest BCUT2D eigenvalue weighted by molar-refractivity contribution is 7.98. The number of thioether (sulfide) groups is 1. The van der Waals surface area contributed by atoms with Crippen molar-refractivity contribution in [3.8, 4) is 0 Å². The van der Waals surface area contributed by atoms with Gasteiger partial charge in [0.05, 0.1) is 10.8 Å². The standard InChI is InChI=1S/C15H19N3O3S/c1-3-17(8-9-22-2)13(19)10-18-15(21)12-7-5-4-6-11(12)14(20)16-18/h4-7H,3,8-10H2,1-2H3,(H,16,20). The van der Waals surface area contributed by atoms with E-state index in [-0.39, 0.29) is 23.6 Å². The minimum atomic E-state index is -0.366. The van der Waals surface area contributed by atoms with Crippen LogP contribution in [0.2, 0.25) is 0 Å². The third-order valence-corrected chi connectivity index (χ3v) is 4.07. The van der Waals surface area contributed by atoms with Gasteiger partial charge in [0.15, 0.2) is 0 Å². The molecule has 0 spiro atoms. The fourth-order valence-electron chi connectivity index (χ4n) is 2.25. The fourth-order valence-corrected chi connectivity index (χ4v) is 2.66. The molecule has 0 radical (unpaired) electrons. The lowest BCUT2D eigenvalue weighted by molar-refractivity contribution is -0.131. The fraction of sp³-hybridized carbons (Fsp3) is 0.400. The molecule has 0 atom stereocenters. The normalized spacial score (nSPS) is 10.8. The van der Waals surface area contributed by atoms with Crippen LogP contribution in [-0.4, -0.2) is 45.7 Å². The number of amides is 1. The van der Waals surface area contributed by atoms with E-state index in [0.29, 0.717) is 23.9 Å². The summed E-state index contributed by atoms with van der Waals surface area (Å²) in [4.78, 5) is 38.3. The first-order valence-corrected chi connectivity index (χ1v) is 8.46. The lowest BCUT2D eigenvalue weighted by Crippen LogP contribution is -2.40. The van der Waals surface area contributed by atoms with Crippen molar-refractivity contribution in [2.24, 2.45) is 0 Å². The number of benzene rings is 1. The Morgan fingerprint density at radius 2 is 1.95 bits per heavy atom. The van der Waals surface area contributed by atoms with Crippen LogP contribution in [0.1, 0.15) is 6.92 Å². The van der Waals surface area contributed by atoms with Crippen molar-refractivity contribution in [1.29, 1.82) is 0 Å². The monoisotopic (exact) mass is 321 g/mol. The van der Waals surface area contributed by atoms with Crippen molar-refractivity contribution < 1.29 is 4.79 Å². The molecule has 1 aromatic carbocycles. The number of nitrogens with zero attached hydrogens (tertiary/aromatic N) is 2. The zero-order chi connectivity index (χ0) is 16.1. The maximum Gasteiger partial charge on any atom is 0.273 e. The molecule has 0 saturated heterocycles. The van der Waals surface area contributed by atoms with Gasteiger partial charge in [-0.2, -0.15) is 11.8 Å². The second-order valence-corrected chi connectivity index (χ2v) is 5.83. The van der Waals surface area contributed by atoms with Gasteiger partial charge in [-0.25, -0.2) is 4.68 Å². The predicted molar refractivity (Wildman–Crippen MR) is 89.5 cm³/mol. The lowest BCUT2D eigenvalue weighted by Gasteiger charge is -2.20. The summed E-state index contributed by atoms with van der Waals surface area (Å²) in [6, 6.07) is 6.59. The van der Waals surface area contributed by atoms with Crippen molar-refractivity contribution in [2.75, 3.05) is 25.1 Å². The summed E-state index contributed by atoms with van der Waals surface area (Å²) in [5, 5.41) is 3.14. The van der Waals surface area contributed by atoms with Crippen LogP contribution < -0.4 is 11.1 Å². The molecule has 2 aromatic rings. The van der Waals surface area contributed by atoms with Crippen LogP contribution in [-0.2, 0) is 11.3 Å². The summed E-state index contributed by atoms with van der Waals surface area (Å²) in [6.07, 6.45) is 1.98. The van der Waals surface area contributed by atoms with E-state index in [1.54, 1.807) is 40.9 Å². The summed E-state index contributed by atoms with van der Waals surface area (Å²) in [5.74, 6) is 0.660. The van der Waals surface area contributed by atoms with Crippen LogP contribution in [0.4, 0.5) is 0 Å². The molecule has 0 bridgehead atoms. The van der Waals surface area contributed by atoms with Crippen molar-refractivity contribution in [3.63, 3.8) is 0 Å². The predicted octanol–water partition coefficient (Wildman–Crippen LogP) is 0.901. The highest BCUT2D eigenvalue weighted by atomic mass is 32.2. The molecule has 0 aliphatic rings. The van der Waals surface area contributed by atoms with Gasteiger partial charge in [-0.3, -0.25) is 19.5 Å². The van der Waals surface area contributed by atoms with E-state index in [0.717, 1.165) is 10.4 Å². The molecule has 118 valence electrons. The van der Waals surface area contributed by atoms with Gasteiger partial charge in [0, 0.05) is 18.8 Å². The maximum absolute atomic E-state index is 12.4. The first-order chi connectivity index (χ1) is 10.6. The van der Waals surface area contributed by atoms with E-state index in [4.69, 9.17) is 0 Å². The second-order valence-electron chi connectivity index (χ2n) is 4.84. The molecule has 6 nitrogen and oxygen atoms in total. The maximum atomic E-state index is 12.4.